The Morgan fingerprint density at radius 3 is 3.08 bits per heavy atom. The van der Waals surface area contributed by atoms with Gasteiger partial charge in [0.15, 0.2) is 5.69 Å². The van der Waals surface area contributed by atoms with E-state index in [-0.39, 0.29) is 5.91 Å². The second-order valence-electron chi connectivity index (χ2n) is 6.72. The molecule has 0 bridgehead atoms. The van der Waals surface area contributed by atoms with E-state index in [1.807, 2.05) is 17.8 Å². The van der Waals surface area contributed by atoms with Crippen LogP contribution in [0.3, 0.4) is 0 Å². The van der Waals surface area contributed by atoms with E-state index in [9.17, 15) is 4.79 Å². The number of carbonyl (C=O) groups is 1. The maximum Gasteiger partial charge on any atom is 0.272 e. The third-order valence-corrected chi connectivity index (χ3v) is 6.38. The van der Waals surface area contributed by atoms with Crippen molar-refractivity contribution >= 4 is 17.7 Å². The summed E-state index contributed by atoms with van der Waals surface area (Å²) in [6.45, 7) is 5.09. The molecule has 1 atom stereocenters. The third kappa shape index (κ3) is 2.98. The van der Waals surface area contributed by atoms with Crippen molar-refractivity contribution in [2.75, 3.05) is 19.6 Å². The highest BCUT2D eigenvalue weighted by Gasteiger charge is 2.29. The molecule has 0 aliphatic carbocycles. The molecule has 0 unspecified atom stereocenters. The summed E-state index contributed by atoms with van der Waals surface area (Å²) in [4.78, 5) is 16.5. The van der Waals surface area contributed by atoms with Crippen molar-refractivity contribution in [2.45, 2.75) is 36.5 Å². The summed E-state index contributed by atoms with van der Waals surface area (Å²) >= 11 is 1.78. The lowest BCUT2D eigenvalue weighted by atomic mass is 10.1. The van der Waals surface area contributed by atoms with Gasteiger partial charge in [0.25, 0.3) is 5.91 Å². The van der Waals surface area contributed by atoms with Crippen LogP contribution < -0.4 is 5.32 Å². The van der Waals surface area contributed by atoms with Crippen LogP contribution in [0.2, 0.25) is 0 Å². The van der Waals surface area contributed by atoms with Crippen LogP contribution in [-0.4, -0.2) is 46.3 Å². The van der Waals surface area contributed by atoms with Gasteiger partial charge in [-0.05, 0) is 32.0 Å². The monoisotopic (exact) mass is 356 g/mol. The zero-order chi connectivity index (χ0) is 17.4. The van der Waals surface area contributed by atoms with Crippen molar-refractivity contribution in [3.63, 3.8) is 0 Å². The Kier molecular flexibility index (Phi) is 4.56. The highest BCUT2D eigenvalue weighted by molar-refractivity contribution is 7.98. The Hall–Kier alpha value is -1.79. The number of thioether (sulfide) groups is 1. The molecule has 6 heteroatoms. The summed E-state index contributed by atoms with van der Waals surface area (Å²) in [7, 11) is 1.93. The first-order valence-corrected chi connectivity index (χ1v) is 9.98. The minimum absolute atomic E-state index is 0.0419. The Bertz CT molecular complexity index is 801. The van der Waals surface area contributed by atoms with Crippen molar-refractivity contribution < 1.29 is 4.79 Å². The number of likely N-dealkylation sites (tertiary alicyclic amines) is 1. The third-order valence-electron chi connectivity index (χ3n) is 5.28. The molecule has 1 aromatic heterocycles. The normalized spacial score (nSPS) is 19.5. The van der Waals surface area contributed by atoms with Gasteiger partial charge in [0.1, 0.15) is 0 Å². The fourth-order valence-electron chi connectivity index (χ4n) is 4.00. The molecule has 1 fully saturated rings. The largest absolute Gasteiger partial charge is 0.349 e. The van der Waals surface area contributed by atoms with Crippen molar-refractivity contribution in [1.29, 1.82) is 0 Å². The second-order valence-corrected chi connectivity index (χ2v) is 7.74. The standard InChI is InChI=1S/C19H24N4OS/c1-3-23-10-6-7-13(23)11-20-19(24)17-15-12-25-16-9-5-4-8-14(16)18(15)22(2)21-17/h4-5,8-9,13H,3,6-7,10-12H2,1-2H3,(H,20,24)/t13-/m1/s1. The first-order valence-electron chi connectivity index (χ1n) is 8.99. The van der Waals surface area contributed by atoms with Gasteiger partial charge in [-0.2, -0.15) is 5.10 Å². The summed E-state index contributed by atoms with van der Waals surface area (Å²) in [5.74, 6) is 0.757. The maximum absolute atomic E-state index is 12.8. The molecular weight excluding hydrogens is 332 g/mol. The Balaban J connectivity index is 1.55. The van der Waals surface area contributed by atoms with Crippen LogP contribution in [0.1, 0.15) is 35.8 Å². The molecule has 1 saturated heterocycles. The first-order chi connectivity index (χ1) is 12.2. The summed E-state index contributed by atoms with van der Waals surface area (Å²) in [6, 6.07) is 8.81. The first kappa shape index (κ1) is 16.7. The lowest BCUT2D eigenvalue weighted by Gasteiger charge is -2.22. The number of nitrogens with one attached hydrogen (secondary N) is 1. The topological polar surface area (TPSA) is 50.2 Å². The Labute approximate surface area is 152 Å². The number of hydrogen-bond donors (Lipinski definition) is 1. The van der Waals surface area contributed by atoms with Crippen LogP contribution in [0, 0.1) is 0 Å². The molecule has 4 rings (SSSR count). The molecule has 2 aliphatic heterocycles. The van der Waals surface area contributed by atoms with Gasteiger partial charge in [0, 0.05) is 41.4 Å². The molecule has 132 valence electrons. The molecule has 0 spiro atoms. The molecular formula is C19H24N4OS. The number of aromatic nitrogens is 2. The summed E-state index contributed by atoms with van der Waals surface area (Å²) < 4.78 is 1.86. The fourth-order valence-corrected chi connectivity index (χ4v) is 5.07. The predicted octanol–water partition coefficient (Wildman–Crippen LogP) is 2.91. The maximum atomic E-state index is 12.8. The number of fused-ring (bicyclic) bond motifs is 3. The number of benzene rings is 1. The molecule has 0 radical (unpaired) electrons. The van der Waals surface area contributed by atoms with E-state index in [4.69, 9.17) is 0 Å². The molecule has 2 aliphatic rings. The van der Waals surface area contributed by atoms with Crippen LogP contribution in [0.15, 0.2) is 29.2 Å². The van der Waals surface area contributed by atoms with Gasteiger partial charge in [-0.15, -0.1) is 11.8 Å². The number of hydrogen-bond acceptors (Lipinski definition) is 4. The van der Waals surface area contributed by atoms with Gasteiger partial charge in [-0.3, -0.25) is 14.4 Å². The van der Waals surface area contributed by atoms with Gasteiger partial charge >= 0.3 is 0 Å². The van der Waals surface area contributed by atoms with E-state index in [0.29, 0.717) is 18.3 Å². The van der Waals surface area contributed by atoms with Crippen LogP contribution in [0.25, 0.3) is 11.3 Å². The van der Waals surface area contributed by atoms with Gasteiger partial charge in [-0.25, -0.2) is 0 Å². The van der Waals surface area contributed by atoms with E-state index in [1.165, 1.54) is 16.9 Å². The minimum atomic E-state index is -0.0419. The average molecular weight is 356 g/mol. The highest BCUT2D eigenvalue weighted by Crippen LogP contribution is 2.42. The van der Waals surface area contributed by atoms with E-state index < -0.39 is 0 Å². The van der Waals surface area contributed by atoms with Crippen LogP contribution in [0.4, 0.5) is 0 Å². The van der Waals surface area contributed by atoms with Crippen LogP contribution >= 0.6 is 11.8 Å². The molecule has 1 N–H and O–H groups in total. The van der Waals surface area contributed by atoms with Gasteiger partial charge in [0.2, 0.25) is 0 Å². The molecule has 25 heavy (non-hydrogen) atoms. The number of carbonyl (C=O) groups excluding carboxylic acids is 1. The summed E-state index contributed by atoms with van der Waals surface area (Å²) in [5, 5.41) is 7.68. The van der Waals surface area contributed by atoms with E-state index in [0.717, 1.165) is 36.5 Å². The van der Waals surface area contributed by atoms with Gasteiger partial charge in [0.05, 0.1) is 5.69 Å². The number of amides is 1. The van der Waals surface area contributed by atoms with Crippen LogP contribution in [-0.2, 0) is 12.8 Å². The van der Waals surface area contributed by atoms with Crippen molar-refractivity contribution in [3.05, 3.63) is 35.5 Å². The zero-order valence-electron chi connectivity index (χ0n) is 14.8. The van der Waals surface area contributed by atoms with Gasteiger partial charge < -0.3 is 5.32 Å². The minimum Gasteiger partial charge on any atom is -0.349 e. The Morgan fingerprint density at radius 2 is 2.24 bits per heavy atom. The average Bonchev–Trinajstić information content (AvgIpc) is 3.23. The quantitative estimate of drug-likeness (QED) is 0.915. The predicted molar refractivity (Wildman–Crippen MR) is 101 cm³/mol. The lowest BCUT2D eigenvalue weighted by Crippen LogP contribution is -2.40. The van der Waals surface area contributed by atoms with E-state index >= 15 is 0 Å². The Morgan fingerprint density at radius 1 is 1.40 bits per heavy atom. The van der Waals surface area contributed by atoms with Crippen LogP contribution in [0.5, 0.6) is 0 Å². The van der Waals surface area contributed by atoms with E-state index in [2.05, 4.69) is 40.4 Å². The smallest absolute Gasteiger partial charge is 0.272 e. The number of rotatable bonds is 4. The molecule has 5 nitrogen and oxygen atoms in total. The molecule has 1 amide bonds. The summed E-state index contributed by atoms with van der Waals surface area (Å²) in [5.41, 5.74) is 3.90. The number of likely N-dealkylation sites (N-methyl/N-ethyl adjacent to an activating group) is 1. The molecule has 3 heterocycles. The molecule has 0 saturated carbocycles. The second kappa shape index (κ2) is 6.84. The van der Waals surface area contributed by atoms with E-state index in [1.54, 1.807) is 11.8 Å². The van der Waals surface area contributed by atoms with Gasteiger partial charge in [-0.1, -0.05) is 25.1 Å². The number of nitrogens with zero attached hydrogens (tertiary/aromatic N) is 3. The molecule has 1 aromatic carbocycles. The fraction of sp³-hybridized carbons (Fsp3) is 0.474. The molecule has 2 aromatic rings. The number of aryl methyl sites for hydroxylation is 1. The zero-order valence-corrected chi connectivity index (χ0v) is 15.6. The van der Waals surface area contributed by atoms with Crippen molar-refractivity contribution in [2.24, 2.45) is 7.05 Å². The lowest BCUT2D eigenvalue weighted by molar-refractivity contribution is 0.0935. The SMILES string of the molecule is CCN1CCC[C@@H]1CNC(=O)c1nn(C)c2c1CSc1ccccc1-2. The summed E-state index contributed by atoms with van der Waals surface area (Å²) in [6.07, 6.45) is 2.39. The van der Waals surface area contributed by atoms with Crippen molar-refractivity contribution in [3.8, 4) is 11.3 Å². The van der Waals surface area contributed by atoms with Crippen molar-refractivity contribution in [1.82, 2.24) is 20.0 Å². The highest BCUT2D eigenvalue weighted by atomic mass is 32.2.